The molecule has 1 unspecified atom stereocenters. The zero-order valence-corrected chi connectivity index (χ0v) is 15.5. The van der Waals surface area contributed by atoms with E-state index in [1.807, 2.05) is 0 Å². The number of hydrogen-bond acceptors (Lipinski definition) is 5. The third kappa shape index (κ3) is 7.34. The molecular formula is C15H22BrN3O3S. The molecule has 23 heavy (non-hydrogen) atoms. The summed E-state index contributed by atoms with van der Waals surface area (Å²) in [5.41, 5.74) is 10.6. The molecule has 2 atom stereocenters. The van der Waals surface area contributed by atoms with Crippen molar-refractivity contribution in [3.8, 4) is 0 Å². The van der Waals surface area contributed by atoms with E-state index in [9.17, 15) is 14.7 Å². The normalized spacial score (nSPS) is 13.5. The number of aliphatic hydroxyl groups is 1. The number of carbonyl (C=O) groups excluding carboxylic acids is 2. The molecule has 0 fully saturated rings. The minimum atomic E-state index is -1.37. The van der Waals surface area contributed by atoms with Crippen LogP contribution >= 0.6 is 27.7 Å². The van der Waals surface area contributed by atoms with E-state index in [1.54, 1.807) is 36.0 Å². The average molecular weight is 404 g/mol. The molecule has 8 heteroatoms. The number of rotatable bonds is 7. The first-order valence-corrected chi connectivity index (χ1v) is 9.06. The van der Waals surface area contributed by atoms with Crippen LogP contribution in [0.15, 0.2) is 28.7 Å². The van der Waals surface area contributed by atoms with Gasteiger partial charge in [0.2, 0.25) is 0 Å². The van der Waals surface area contributed by atoms with Crippen LogP contribution in [-0.2, 0) is 4.79 Å². The van der Waals surface area contributed by atoms with Crippen molar-refractivity contribution in [3.05, 3.63) is 34.3 Å². The molecule has 128 valence electrons. The predicted molar refractivity (Wildman–Crippen MR) is 95.9 cm³/mol. The highest BCUT2D eigenvalue weighted by atomic mass is 79.9. The molecule has 0 aliphatic carbocycles. The van der Waals surface area contributed by atoms with Gasteiger partial charge in [-0.3, -0.25) is 20.4 Å². The Balaban J connectivity index is 2.41. The maximum atomic E-state index is 11.9. The number of nitrogens with two attached hydrogens (primary N) is 1. The summed E-state index contributed by atoms with van der Waals surface area (Å²) in [6.45, 7) is 4.13. The summed E-state index contributed by atoms with van der Waals surface area (Å²) in [5, 5.41) is 10.3. The van der Waals surface area contributed by atoms with Crippen LogP contribution in [0, 0.1) is 0 Å². The van der Waals surface area contributed by atoms with Gasteiger partial charge in [0.25, 0.3) is 11.8 Å². The summed E-state index contributed by atoms with van der Waals surface area (Å²) >= 11 is 4.97. The molecule has 0 saturated heterocycles. The summed E-state index contributed by atoms with van der Waals surface area (Å²) in [6.07, 6.45) is -0.859. The van der Waals surface area contributed by atoms with E-state index in [2.05, 4.69) is 40.6 Å². The van der Waals surface area contributed by atoms with Gasteiger partial charge in [0.15, 0.2) is 0 Å². The van der Waals surface area contributed by atoms with E-state index >= 15 is 0 Å². The smallest absolute Gasteiger partial charge is 0.269 e. The van der Waals surface area contributed by atoms with Crippen molar-refractivity contribution in [1.29, 1.82) is 0 Å². The Kier molecular flexibility index (Phi) is 8.60. The number of aliphatic hydroxyl groups excluding tert-OH is 1. The molecule has 6 nitrogen and oxygen atoms in total. The van der Waals surface area contributed by atoms with Gasteiger partial charge in [-0.15, -0.1) is 0 Å². The number of amides is 2. The second-order valence-corrected chi connectivity index (χ2v) is 7.87. The number of benzene rings is 1. The van der Waals surface area contributed by atoms with Crippen molar-refractivity contribution in [2.24, 2.45) is 5.73 Å². The highest BCUT2D eigenvalue weighted by molar-refractivity contribution is 9.10. The number of thioether (sulfide) groups is 1. The molecule has 1 aromatic carbocycles. The topological polar surface area (TPSA) is 104 Å². The van der Waals surface area contributed by atoms with Crippen LogP contribution in [0.3, 0.4) is 0 Å². The fourth-order valence-electron chi connectivity index (χ4n) is 1.69. The van der Waals surface area contributed by atoms with Crippen molar-refractivity contribution in [2.45, 2.75) is 37.7 Å². The zero-order chi connectivity index (χ0) is 17.4. The molecule has 1 aromatic rings. The molecule has 0 spiro atoms. The Labute approximate surface area is 148 Å². The first-order valence-electron chi connectivity index (χ1n) is 7.22. The van der Waals surface area contributed by atoms with Crippen molar-refractivity contribution in [3.63, 3.8) is 0 Å². The van der Waals surface area contributed by atoms with Crippen LogP contribution in [0.1, 0.15) is 30.6 Å². The molecule has 0 aromatic heterocycles. The first kappa shape index (κ1) is 20.0. The third-order valence-corrected chi connectivity index (χ3v) is 4.59. The van der Waals surface area contributed by atoms with Gasteiger partial charge in [-0.05, 0) is 35.6 Å². The lowest BCUT2D eigenvalue weighted by Crippen LogP contribution is -2.52. The van der Waals surface area contributed by atoms with Gasteiger partial charge >= 0.3 is 0 Å². The van der Waals surface area contributed by atoms with Gasteiger partial charge in [-0.1, -0.05) is 35.8 Å². The van der Waals surface area contributed by atoms with E-state index in [0.29, 0.717) is 17.2 Å². The van der Waals surface area contributed by atoms with Gasteiger partial charge < -0.3 is 10.8 Å². The second kappa shape index (κ2) is 9.92. The lowest BCUT2D eigenvalue weighted by Gasteiger charge is -2.18. The van der Waals surface area contributed by atoms with Crippen LogP contribution in [0.2, 0.25) is 0 Å². The molecule has 0 bridgehead atoms. The van der Waals surface area contributed by atoms with E-state index in [1.165, 1.54) is 0 Å². The minimum Gasteiger partial charge on any atom is -0.382 e. The minimum absolute atomic E-state index is 0.381. The zero-order valence-electron chi connectivity index (χ0n) is 13.1. The monoisotopic (exact) mass is 403 g/mol. The fraction of sp³-hybridized carbons (Fsp3) is 0.467. The Morgan fingerprint density at radius 2 is 2.04 bits per heavy atom. The van der Waals surface area contributed by atoms with Crippen LogP contribution in [0.5, 0.6) is 0 Å². The van der Waals surface area contributed by atoms with Crippen LogP contribution in [0.25, 0.3) is 0 Å². The molecule has 0 saturated carbocycles. The lowest BCUT2D eigenvalue weighted by atomic mass is 10.1. The maximum Gasteiger partial charge on any atom is 0.269 e. The Morgan fingerprint density at radius 1 is 1.35 bits per heavy atom. The summed E-state index contributed by atoms with van der Waals surface area (Å²) in [7, 11) is 0. The third-order valence-electron chi connectivity index (χ3n) is 2.96. The molecule has 0 aliphatic rings. The molecule has 0 aliphatic heterocycles. The summed E-state index contributed by atoms with van der Waals surface area (Å²) < 4.78 is 0.751. The number of hydrazine groups is 1. The van der Waals surface area contributed by atoms with Crippen LogP contribution < -0.4 is 16.6 Å². The number of nitrogens with one attached hydrogen (secondary N) is 2. The number of hydrogen-bond donors (Lipinski definition) is 4. The van der Waals surface area contributed by atoms with Gasteiger partial charge in [-0.25, -0.2) is 0 Å². The van der Waals surface area contributed by atoms with Crippen molar-refractivity contribution in [2.75, 3.05) is 5.75 Å². The Bertz CT molecular complexity index is 542. The van der Waals surface area contributed by atoms with E-state index in [-0.39, 0.29) is 0 Å². The van der Waals surface area contributed by atoms with Crippen molar-refractivity contribution >= 4 is 39.5 Å². The van der Waals surface area contributed by atoms with Gasteiger partial charge in [0.05, 0.1) is 0 Å². The molecule has 1 rings (SSSR count). The maximum absolute atomic E-state index is 11.9. The standard InChI is InChI=1S/C15H22BrN3O3S/c1-9(2)23-7-6-12(17)13(20)15(22)19-18-14(21)10-4-3-5-11(16)8-10/h3-5,8-9,12-13,20H,6-7,17H2,1-2H3,(H,18,21)(H,19,22)/t12-,13?/m1/s1. The summed E-state index contributed by atoms with van der Waals surface area (Å²) in [6, 6.07) is 6.04. The van der Waals surface area contributed by atoms with Crippen molar-refractivity contribution < 1.29 is 14.7 Å². The largest absolute Gasteiger partial charge is 0.382 e. The van der Waals surface area contributed by atoms with Gasteiger partial charge in [0, 0.05) is 16.1 Å². The molecular weight excluding hydrogens is 382 g/mol. The molecule has 0 radical (unpaired) electrons. The number of halogens is 1. The van der Waals surface area contributed by atoms with E-state index in [4.69, 9.17) is 5.73 Å². The fourth-order valence-corrected chi connectivity index (χ4v) is 2.97. The SMILES string of the molecule is CC(C)SCC[C@@H](N)C(O)C(=O)NNC(=O)c1cccc(Br)c1. The van der Waals surface area contributed by atoms with Gasteiger partial charge in [-0.2, -0.15) is 11.8 Å². The van der Waals surface area contributed by atoms with E-state index in [0.717, 1.165) is 10.2 Å². The summed E-state index contributed by atoms with van der Waals surface area (Å²) in [5.74, 6) is -0.445. The highest BCUT2D eigenvalue weighted by Crippen LogP contribution is 2.12. The first-order chi connectivity index (χ1) is 10.8. The van der Waals surface area contributed by atoms with Crippen LogP contribution in [-0.4, -0.2) is 40.1 Å². The molecule has 2 amide bonds. The number of carbonyl (C=O) groups is 2. The average Bonchev–Trinajstić information content (AvgIpc) is 2.50. The van der Waals surface area contributed by atoms with Crippen LogP contribution in [0.4, 0.5) is 0 Å². The Hall–Kier alpha value is -1.09. The Morgan fingerprint density at radius 3 is 2.65 bits per heavy atom. The predicted octanol–water partition coefficient (Wildman–Crippen LogP) is 1.43. The van der Waals surface area contributed by atoms with Gasteiger partial charge in [0.1, 0.15) is 6.10 Å². The second-order valence-electron chi connectivity index (χ2n) is 5.27. The molecule has 0 heterocycles. The quantitative estimate of drug-likeness (QED) is 0.515. The van der Waals surface area contributed by atoms with Crippen molar-refractivity contribution in [1.82, 2.24) is 10.9 Å². The highest BCUT2D eigenvalue weighted by Gasteiger charge is 2.23. The summed E-state index contributed by atoms with van der Waals surface area (Å²) in [4.78, 5) is 23.7. The van der Waals surface area contributed by atoms with E-state index < -0.39 is 24.0 Å². The lowest BCUT2D eigenvalue weighted by molar-refractivity contribution is -0.131. The molecule has 5 N–H and O–H groups in total.